The highest BCUT2D eigenvalue weighted by molar-refractivity contribution is 6.30. The van der Waals surface area contributed by atoms with Crippen LogP contribution in [-0.4, -0.2) is 34.3 Å². The van der Waals surface area contributed by atoms with Crippen LogP contribution < -0.4 is 10.2 Å². The molecule has 1 aliphatic rings. The SMILES string of the molecule is CC(C)c1cc(N2CCc3cc(Cl)ccc3C2)nc(N[C@H](CO)C(C)C)n1. The molecule has 2 heterocycles. The first-order valence-corrected chi connectivity index (χ1v) is 10.0. The first-order valence-electron chi connectivity index (χ1n) is 9.66. The zero-order valence-electron chi connectivity index (χ0n) is 16.5. The molecule has 3 rings (SSSR count). The summed E-state index contributed by atoms with van der Waals surface area (Å²) < 4.78 is 0. The molecular weight excluding hydrogens is 360 g/mol. The second-order valence-electron chi connectivity index (χ2n) is 7.89. The van der Waals surface area contributed by atoms with Gasteiger partial charge in [0.15, 0.2) is 0 Å². The molecule has 0 saturated heterocycles. The summed E-state index contributed by atoms with van der Waals surface area (Å²) in [6, 6.07) is 8.14. The van der Waals surface area contributed by atoms with Crippen LogP contribution in [0.15, 0.2) is 24.3 Å². The molecule has 0 fully saturated rings. The Morgan fingerprint density at radius 1 is 1.15 bits per heavy atom. The van der Waals surface area contributed by atoms with Crippen LogP contribution in [0.5, 0.6) is 0 Å². The lowest BCUT2D eigenvalue weighted by molar-refractivity contribution is 0.248. The Morgan fingerprint density at radius 2 is 1.93 bits per heavy atom. The topological polar surface area (TPSA) is 61.3 Å². The van der Waals surface area contributed by atoms with Gasteiger partial charge < -0.3 is 15.3 Å². The van der Waals surface area contributed by atoms with E-state index in [1.54, 1.807) is 0 Å². The normalized spacial score (nSPS) is 15.2. The summed E-state index contributed by atoms with van der Waals surface area (Å²) in [7, 11) is 0. The quantitative estimate of drug-likeness (QED) is 0.774. The molecule has 0 saturated carbocycles. The molecule has 0 unspecified atom stereocenters. The number of aromatic nitrogens is 2. The summed E-state index contributed by atoms with van der Waals surface area (Å²) in [5, 5.41) is 13.8. The van der Waals surface area contributed by atoms with Gasteiger partial charge in [-0.2, -0.15) is 4.98 Å². The third kappa shape index (κ3) is 4.71. The molecule has 6 heteroatoms. The van der Waals surface area contributed by atoms with Gasteiger partial charge in [0.1, 0.15) is 5.82 Å². The van der Waals surface area contributed by atoms with Gasteiger partial charge in [-0.05, 0) is 41.5 Å². The molecule has 0 aliphatic carbocycles. The summed E-state index contributed by atoms with van der Waals surface area (Å²) in [6.07, 6.45) is 0.949. The number of fused-ring (bicyclic) bond motifs is 1. The number of halogens is 1. The van der Waals surface area contributed by atoms with E-state index in [2.05, 4.69) is 61.1 Å². The van der Waals surface area contributed by atoms with Crippen molar-refractivity contribution in [2.24, 2.45) is 5.92 Å². The summed E-state index contributed by atoms with van der Waals surface area (Å²) in [6.45, 7) is 10.2. The van der Waals surface area contributed by atoms with Gasteiger partial charge >= 0.3 is 0 Å². The van der Waals surface area contributed by atoms with E-state index in [0.717, 1.165) is 36.0 Å². The summed E-state index contributed by atoms with van der Waals surface area (Å²) in [4.78, 5) is 11.7. The highest BCUT2D eigenvalue weighted by Crippen LogP contribution is 2.28. The molecule has 1 aromatic heterocycles. The number of nitrogens with zero attached hydrogens (tertiary/aromatic N) is 3. The van der Waals surface area contributed by atoms with Crippen LogP contribution in [-0.2, 0) is 13.0 Å². The van der Waals surface area contributed by atoms with E-state index < -0.39 is 0 Å². The fourth-order valence-electron chi connectivity index (χ4n) is 3.28. The van der Waals surface area contributed by atoms with Gasteiger partial charge in [-0.15, -0.1) is 0 Å². The van der Waals surface area contributed by atoms with Gasteiger partial charge in [0, 0.05) is 24.2 Å². The van der Waals surface area contributed by atoms with E-state index in [1.807, 2.05) is 6.07 Å². The predicted molar refractivity (Wildman–Crippen MR) is 112 cm³/mol. The lowest BCUT2D eigenvalue weighted by Gasteiger charge is -2.31. The molecule has 0 radical (unpaired) electrons. The van der Waals surface area contributed by atoms with Crippen LogP contribution in [0.3, 0.4) is 0 Å². The van der Waals surface area contributed by atoms with E-state index in [-0.39, 0.29) is 18.6 Å². The number of benzene rings is 1. The zero-order chi connectivity index (χ0) is 19.6. The van der Waals surface area contributed by atoms with Crippen molar-refractivity contribution in [2.75, 3.05) is 23.4 Å². The molecule has 0 amide bonds. The minimum Gasteiger partial charge on any atom is -0.394 e. The first kappa shape index (κ1) is 19.9. The molecule has 27 heavy (non-hydrogen) atoms. The molecule has 0 bridgehead atoms. The molecule has 0 spiro atoms. The van der Waals surface area contributed by atoms with Gasteiger partial charge in [0.2, 0.25) is 5.95 Å². The Hall–Kier alpha value is -1.85. The van der Waals surface area contributed by atoms with Crippen molar-refractivity contribution in [3.05, 3.63) is 46.1 Å². The van der Waals surface area contributed by atoms with E-state index in [0.29, 0.717) is 11.9 Å². The number of nitrogens with one attached hydrogen (secondary N) is 1. The lowest BCUT2D eigenvalue weighted by Crippen LogP contribution is -2.33. The highest BCUT2D eigenvalue weighted by Gasteiger charge is 2.21. The Labute approximate surface area is 166 Å². The number of aliphatic hydroxyl groups excluding tert-OH is 1. The second kappa shape index (κ2) is 8.44. The van der Waals surface area contributed by atoms with E-state index >= 15 is 0 Å². The Balaban J connectivity index is 1.89. The number of anilines is 2. The Kier molecular flexibility index (Phi) is 6.22. The maximum atomic E-state index is 9.65. The van der Waals surface area contributed by atoms with Gasteiger partial charge in [-0.25, -0.2) is 4.98 Å². The van der Waals surface area contributed by atoms with E-state index in [1.165, 1.54) is 11.1 Å². The van der Waals surface area contributed by atoms with Crippen molar-refractivity contribution in [3.8, 4) is 0 Å². The lowest BCUT2D eigenvalue weighted by atomic mass is 10.00. The third-order valence-corrected chi connectivity index (χ3v) is 5.38. The van der Waals surface area contributed by atoms with Gasteiger partial charge in [-0.3, -0.25) is 0 Å². The number of aliphatic hydroxyl groups is 1. The van der Waals surface area contributed by atoms with Crippen LogP contribution in [0.1, 0.15) is 50.4 Å². The molecule has 146 valence electrons. The van der Waals surface area contributed by atoms with Crippen LogP contribution in [0.4, 0.5) is 11.8 Å². The maximum absolute atomic E-state index is 9.65. The monoisotopic (exact) mass is 388 g/mol. The van der Waals surface area contributed by atoms with Crippen molar-refractivity contribution in [1.82, 2.24) is 9.97 Å². The van der Waals surface area contributed by atoms with E-state index in [9.17, 15) is 5.11 Å². The largest absolute Gasteiger partial charge is 0.394 e. The van der Waals surface area contributed by atoms with Crippen molar-refractivity contribution < 1.29 is 5.11 Å². The smallest absolute Gasteiger partial charge is 0.225 e. The van der Waals surface area contributed by atoms with Gasteiger partial charge in [0.05, 0.1) is 18.3 Å². The van der Waals surface area contributed by atoms with Gasteiger partial charge in [-0.1, -0.05) is 45.4 Å². The number of hydrogen-bond donors (Lipinski definition) is 2. The van der Waals surface area contributed by atoms with Gasteiger partial charge in [0.25, 0.3) is 0 Å². The predicted octanol–water partition coefficient (Wildman–Crippen LogP) is 4.24. The average molecular weight is 389 g/mol. The second-order valence-corrected chi connectivity index (χ2v) is 8.33. The highest BCUT2D eigenvalue weighted by atomic mass is 35.5. The molecule has 1 atom stereocenters. The fraction of sp³-hybridized carbons (Fsp3) is 0.524. The summed E-state index contributed by atoms with van der Waals surface area (Å²) in [5.74, 6) is 2.11. The first-order chi connectivity index (χ1) is 12.9. The average Bonchev–Trinajstić information content (AvgIpc) is 2.65. The molecule has 1 aliphatic heterocycles. The minimum absolute atomic E-state index is 0.0557. The van der Waals surface area contributed by atoms with Crippen LogP contribution in [0.25, 0.3) is 0 Å². The number of hydrogen-bond acceptors (Lipinski definition) is 5. The van der Waals surface area contributed by atoms with E-state index in [4.69, 9.17) is 16.6 Å². The maximum Gasteiger partial charge on any atom is 0.225 e. The summed E-state index contributed by atoms with van der Waals surface area (Å²) >= 11 is 6.13. The fourth-order valence-corrected chi connectivity index (χ4v) is 3.48. The third-order valence-electron chi connectivity index (χ3n) is 5.14. The molecule has 2 aromatic rings. The molecule has 5 nitrogen and oxygen atoms in total. The molecule has 2 N–H and O–H groups in total. The van der Waals surface area contributed by atoms with Crippen molar-refractivity contribution in [1.29, 1.82) is 0 Å². The van der Waals surface area contributed by atoms with Crippen LogP contribution in [0, 0.1) is 5.92 Å². The standard InChI is InChI=1S/C21H29ClN4O/c1-13(2)18-10-20(25-21(23-18)24-19(12-27)14(3)4)26-8-7-15-9-17(22)6-5-16(15)11-26/h5-6,9-10,13-14,19,27H,7-8,11-12H2,1-4H3,(H,23,24,25)/t19-/m1/s1. The van der Waals surface area contributed by atoms with Crippen LogP contribution >= 0.6 is 11.6 Å². The van der Waals surface area contributed by atoms with Crippen molar-refractivity contribution >= 4 is 23.4 Å². The Morgan fingerprint density at radius 3 is 2.59 bits per heavy atom. The molecular formula is C21H29ClN4O. The number of rotatable bonds is 6. The minimum atomic E-state index is -0.0653. The Bertz CT molecular complexity index is 794. The summed E-state index contributed by atoms with van der Waals surface area (Å²) in [5.41, 5.74) is 3.61. The molecule has 1 aromatic carbocycles. The van der Waals surface area contributed by atoms with Crippen molar-refractivity contribution in [2.45, 2.75) is 52.6 Å². The van der Waals surface area contributed by atoms with Crippen molar-refractivity contribution in [3.63, 3.8) is 0 Å². The van der Waals surface area contributed by atoms with Crippen LogP contribution in [0.2, 0.25) is 5.02 Å². The zero-order valence-corrected chi connectivity index (χ0v) is 17.3.